The van der Waals surface area contributed by atoms with E-state index >= 15 is 0 Å². The average molecular weight is 313 g/mol. The molecule has 0 saturated carbocycles. The van der Waals surface area contributed by atoms with Crippen molar-refractivity contribution in [1.29, 1.82) is 0 Å². The number of carboxylic acid groups (broad SMARTS) is 1. The van der Waals surface area contributed by atoms with Gasteiger partial charge in [0.25, 0.3) is 5.91 Å². The second-order valence-electron chi connectivity index (χ2n) is 4.77. The van der Waals surface area contributed by atoms with E-state index < -0.39 is 27.8 Å². The third-order valence-corrected chi connectivity index (χ3v) is 4.14. The van der Waals surface area contributed by atoms with Crippen LogP contribution in [0.2, 0.25) is 0 Å². The zero-order valence-corrected chi connectivity index (χ0v) is 12.8. The molecule has 116 valence electrons. The Kier molecular flexibility index (Phi) is 5.90. The van der Waals surface area contributed by atoms with Gasteiger partial charge in [-0.25, -0.2) is 13.2 Å². The van der Waals surface area contributed by atoms with Crippen LogP contribution in [0.5, 0.6) is 0 Å². The summed E-state index contributed by atoms with van der Waals surface area (Å²) in [6, 6.07) is 4.71. The lowest BCUT2D eigenvalue weighted by molar-refractivity contribution is -0.139. The zero-order valence-electron chi connectivity index (χ0n) is 12.0. The second kappa shape index (κ2) is 7.21. The molecule has 0 saturated heterocycles. The monoisotopic (exact) mass is 313 g/mol. The van der Waals surface area contributed by atoms with Crippen LogP contribution in [0.15, 0.2) is 29.2 Å². The Hall–Kier alpha value is -1.89. The normalized spacial score (nSPS) is 12.7. The van der Waals surface area contributed by atoms with Crippen molar-refractivity contribution < 1.29 is 23.1 Å². The Labute approximate surface area is 124 Å². The van der Waals surface area contributed by atoms with Crippen LogP contribution in [0.25, 0.3) is 0 Å². The Balaban J connectivity index is 3.01. The highest BCUT2D eigenvalue weighted by Gasteiger charge is 2.23. The van der Waals surface area contributed by atoms with E-state index in [2.05, 4.69) is 5.32 Å². The Morgan fingerprint density at radius 2 is 1.90 bits per heavy atom. The van der Waals surface area contributed by atoms with Crippen LogP contribution in [0.1, 0.15) is 36.5 Å². The summed E-state index contributed by atoms with van der Waals surface area (Å²) in [5.74, 6) is -1.83. The minimum absolute atomic E-state index is 0.0391. The fourth-order valence-electron chi connectivity index (χ4n) is 1.88. The molecule has 6 nitrogen and oxygen atoms in total. The van der Waals surface area contributed by atoms with Crippen molar-refractivity contribution in [3.8, 4) is 0 Å². The number of benzene rings is 1. The number of carbonyl (C=O) groups excluding carboxylic acids is 1. The summed E-state index contributed by atoms with van der Waals surface area (Å²) in [5, 5.41) is 11.5. The average Bonchev–Trinajstić information content (AvgIpc) is 2.42. The summed E-state index contributed by atoms with van der Waals surface area (Å²) >= 11 is 0. The van der Waals surface area contributed by atoms with E-state index in [9.17, 15) is 18.0 Å². The highest BCUT2D eigenvalue weighted by Crippen LogP contribution is 2.15. The summed E-state index contributed by atoms with van der Waals surface area (Å²) < 4.78 is 23.3. The maximum absolute atomic E-state index is 12.2. The molecule has 21 heavy (non-hydrogen) atoms. The fraction of sp³-hybridized carbons (Fsp3) is 0.429. The fourth-order valence-corrected chi connectivity index (χ4v) is 2.77. The van der Waals surface area contributed by atoms with Crippen LogP contribution in [0.4, 0.5) is 0 Å². The molecule has 1 aromatic rings. The molecule has 1 aromatic carbocycles. The van der Waals surface area contributed by atoms with Crippen molar-refractivity contribution in [2.45, 2.75) is 37.1 Å². The lowest BCUT2D eigenvalue weighted by Crippen LogP contribution is -2.41. The lowest BCUT2D eigenvalue weighted by atomic mass is 10.1. The number of hydrogen-bond acceptors (Lipinski definition) is 4. The van der Waals surface area contributed by atoms with Gasteiger partial charge in [-0.1, -0.05) is 31.9 Å². The first kappa shape index (κ1) is 17.2. The summed E-state index contributed by atoms with van der Waals surface area (Å²) in [7, 11) is -3.56. The number of carboxylic acids is 1. The van der Waals surface area contributed by atoms with Gasteiger partial charge in [-0.3, -0.25) is 4.79 Å². The maximum Gasteiger partial charge on any atom is 0.326 e. The molecule has 0 aliphatic carbocycles. The predicted octanol–water partition coefficient (Wildman–Crippen LogP) is 1.46. The van der Waals surface area contributed by atoms with Crippen molar-refractivity contribution in [1.82, 2.24) is 5.32 Å². The Morgan fingerprint density at radius 3 is 2.43 bits per heavy atom. The molecule has 1 atom stereocenters. The molecule has 1 rings (SSSR count). The number of unbranched alkanes of at least 4 members (excludes halogenated alkanes) is 1. The molecule has 7 heteroatoms. The van der Waals surface area contributed by atoms with Crippen LogP contribution >= 0.6 is 0 Å². The first-order valence-electron chi connectivity index (χ1n) is 6.60. The number of aliphatic carboxylic acids is 1. The standard InChI is InChI=1S/C14H19NO5S/c1-3-4-8-11(14(17)18)15-13(16)10-7-5-6-9-12(10)21(2,19)20/h5-7,9,11H,3-4,8H2,1-2H3,(H,15,16)(H,17,18)/t11-/m0/s1. The van der Waals surface area contributed by atoms with Crippen LogP contribution in [-0.2, 0) is 14.6 Å². The smallest absolute Gasteiger partial charge is 0.326 e. The summed E-state index contributed by atoms with van der Waals surface area (Å²) in [5.41, 5.74) is -0.0391. The SMILES string of the molecule is CCCC[C@H](NC(=O)c1ccccc1S(C)(=O)=O)C(=O)O. The minimum atomic E-state index is -3.56. The van der Waals surface area contributed by atoms with Crippen molar-refractivity contribution in [3.05, 3.63) is 29.8 Å². The van der Waals surface area contributed by atoms with E-state index in [-0.39, 0.29) is 10.5 Å². The summed E-state index contributed by atoms with van der Waals surface area (Å²) in [4.78, 5) is 23.2. The van der Waals surface area contributed by atoms with Gasteiger partial charge in [0, 0.05) is 6.26 Å². The molecule has 0 aliphatic rings. The van der Waals surface area contributed by atoms with Gasteiger partial charge in [0.1, 0.15) is 6.04 Å². The molecule has 0 unspecified atom stereocenters. The van der Waals surface area contributed by atoms with Gasteiger partial charge < -0.3 is 10.4 Å². The zero-order chi connectivity index (χ0) is 16.0. The highest BCUT2D eigenvalue weighted by molar-refractivity contribution is 7.90. The van der Waals surface area contributed by atoms with Crippen LogP contribution in [-0.4, -0.2) is 37.7 Å². The van der Waals surface area contributed by atoms with Crippen LogP contribution in [0.3, 0.4) is 0 Å². The van der Waals surface area contributed by atoms with E-state index in [0.29, 0.717) is 12.8 Å². The van der Waals surface area contributed by atoms with Crippen LogP contribution in [0, 0.1) is 0 Å². The number of sulfone groups is 1. The van der Waals surface area contributed by atoms with Crippen LogP contribution < -0.4 is 5.32 Å². The summed E-state index contributed by atoms with van der Waals surface area (Å²) in [6.45, 7) is 1.92. The van der Waals surface area contributed by atoms with Crippen molar-refractivity contribution in [3.63, 3.8) is 0 Å². The van der Waals surface area contributed by atoms with E-state index in [4.69, 9.17) is 5.11 Å². The molecule has 0 heterocycles. The Bertz CT molecular complexity index is 624. The molecule has 0 radical (unpaired) electrons. The minimum Gasteiger partial charge on any atom is -0.480 e. The largest absolute Gasteiger partial charge is 0.480 e. The molecular formula is C14H19NO5S. The van der Waals surface area contributed by atoms with E-state index in [0.717, 1.165) is 12.7 Å². The quantitative estimate of drug-likeness (QED) is 0.793. The van der Waals surface area contributed by atoms with Gasteiger partial charge in [0.15, 0.2) is 9.84 Å². The molecular weight excluding hydrogens is 294 g/mol. The number of carbonyl (C=O) groups is 2. The number of rotatable bonds is 7. The van der Waals surface area contributed by atoms with Crippen molar-refractivity contribution in [2.75, 3.05) is 6.26 Å². The lowest BCUT2D eigenvalue weighted by Gasteiger charge is -2.15. The molecule has 0 aromatic heterocycles. The van der Waals surface area contributed by atoms with E-state index in [1.807, 2.05) is 6.92 Å². The first-order chi connectivity index (χ1) is 9.77. The molecule has 0 spiro atoms. The second-order valence-corrected chi connectivity index (χ2v) is 6.76. The topological polar surface area (TPSA) is 101 Å². The molecule has 0 fully saturated rings. The predicted molar refractivity (Wildman–Crippen MR) is 78.0 cm³/mol. The molecule has 0 bridgehead atoms. The Morgan fingerprint density at radius 1 is 1.29 bits per heavy atom. The third-order valence-electron chi connectivity index (χ3n) is 2.98. The molecule has 0 aliphatic heterocycles. The number of nitrogens with one attached hydrogen (secondary N) is 1. The highest BCUT2D eigenvalue weighted by atomic mass is 32.2. The van der Waals surface area contributed by atoms with Gasteiger partial charge in [-0.05, 0) is 18.6 Å². The van der Waals surface area contributed by atoms with Gasteiger partial charge in [0.2, 0.25) is 0 Å². The van der Waals surface area contributed by atoms with Crippen molar-refractivity contribution in [2.24, 2.45) is 0 Å². The van der Waals surface area contributed by atoms with Crippen molar-refractivity contribution >= 4 is 21.7 Å². The number of hydrogen-bond donors (Lipinski definition) is 2. The van der Waals surface area contributed by atoms with Gasteiger partial charge in [0.05, 0.1) is 10.5 Å². The van der Waals surface area contributed by atoms with Gasteiger partial charge in [-0.2, -0.15) is 0 Å². The van der Waals surface area contributed by atoms with Gasteiger partial charge in [-0.15, -0.1) is 0 Å². The van der Waals surface area contributed by atoms with Gasteiger partial charge >= 0.3 is 5.97 Å². The maximum atomic E-state index is 12.2. The molecule has 2 N–H and O–H groups in total. The third kappa shape index (κ3) is 4.86. The number of amides is 1. The van der Waals surface area contributed by atoms with E-state index in [1.54, 1.807) is 0 Å². The first-order valence-corrected chi connectivity index (χ1v) is 8.49. The summed E-state index contributed by atoms with van der Waals surface area (Å²) in [6.07, 6.45) is 2.77. The van der Waals surface area contributed by atoms with E-state index in [1.165, 1.54) is 24.3 Å². The molecule has 1 amide bonds.